The molecule has 2 saturated heterocycles. The summed E-state index contributed by atoms with van der Waals surface area (Å²) < 4.78 is 0. The first-order valence-corrected chi connectivity index (χ1v) is 8.17. The largest absolute Gasteiger partial charge is 0.313 e. The normalized spacial score (nSPS) is 45.4. The summed E-state index contributed by atoms with van der Waals surface area (Å²) >= 11 is 0. The van der Waals surface area contributed by atoms with Crippen LogP contribution in [0.5, 0.6) is 0 Å². The Labute approximate surface area is 120 Å². The number of benzene rings is 1. The molecule has 3 fully saturated rings. The van der Waals surface area contributed by atoms with Crippen LogP contribution in [0, 0.1) is 11.8 Å². The number of hydrogen-bond acceptors (Lipinski definition) is 3. The van der Waals surface area contributed by atoms with Gasteiger partial charge in [0.05, 0.1) is 0 Å². The third kappa shape index (κ3) is 1.41. The molecule has 1 aromatic rings. The molecule has 2 bridgehead atoms. The quantitative estimate of drug-likeness (QED) is 0.665. The second kappa shape index (κ2) is 4.06. The van der Waals surface area contributed by atoms with Crippen molar-refractivity contribution in [2.75, 3.05) is 13.1 Å². The summed E-state index contributed by atoms with van der Waals surface area (Å²) in [5.41, 5.74) is 10.7. The minimum atomic E-state index is 0.435. The fourth-order valence-electron chi connectivity index (χ4n) is 5.68. The van der Waals surface area contributed by atoms with Gasteiger partial charge in [-0.05, 0) is 55.2 Å². The van der Waals surface area contributed by atoms with E-state index < -0.39 is 0 Å². The second-order valence-corrected chi connectivity index (χ2v) is 7.27. The molecule has 1 saturated carbocycles. The fourth-order valence-corrected chi connectivity index (χ4v) is 5.68. The molecule has 0 amide bonds. The van der Waals surface area contributed by atoms with Crippen LogP contribution >= 0.6 is 0 Å². The van der Waals surface area contributed by atoms with Crippen molar-refractivity contribution < 1.29 is 0 Å². The Hall–Kier alpha value is -0.900. The molecule has 3 N–H and O–H groups in total. The molecule has 5 rings (SSSR count). The average Bonchev–Trinajstić information content (AvgIpc) is 2.91. The van der Waals surface area contributed by atoms with Gasteiger partial charge in [-0.3, -0.25) is 10.9 Å². The number of hydrazine groups is 1. The summed E-state index contributed by atoms with van der Waals surface area (Å²) in [4.78, 5) is 0. The maximum absolute atomic E-state index is 3.82. The van der Waals surface area contributed by atoms with Gasteiger partial charge < -0.3 is 5.32 Å². The van der Waals surface area contributed by atoms with Crippen molar-refractivity contribution in [3.8, 4) is 0 Å². The van der Waals surface area contributed by atoms with E-state index in [9.17, 15) is 0 Å². The predicted octanol–water partition coefficient (Wildman–Crippen LogP) is 1.34. The predicted molar refractivity (Wildman–Crippen MR) is 79.4 cm³/mol. The van der Waals surface area contributed by atoms with Crippen molar-refractivity contribution in [2.24, 2.45) is 11.8 Å². The van der Waals surface area contributed by atoms with Crippen LogP contribution in [0.25, 0.3) is 0 Å². The average molecular weight is 269 g/mol. The van der Waals surface area contributed by atoms with Crippen molar-refractivity contribution in [3.63, 3.8) is 0 Å². The molecule has 3 heteroatoms. The molecule has 5 atom stereocenters. The van der Waals surface area contributed by atoms with Crippen molar-refractivity contribution in [2.45, 2.75) is 43.2 Å². The van der Waals surface area contributed by atoms with Gasteiger partial charge in [0.2, 0.25) is 0 Å². The molecule has 2 aliphatic heterocycles. The molecule has 2 heterocycles. The van der Waals surface area contributed by atoms with Crippen LogP contribution in [0.2, 0.25) is 0 Å². The summed E-state index contributed by atoms with van der Waals surface area (Å²) in [6.07, 6.45) is 5.26. The molecule has 0 radical (unpaired) electrons. The summed E-state index contributed by atoms with van der Waals surface area (Å²) in [6, 6.07) is 10.6. The van der Waals surface area contributed by atoms with Crippen LogP contribution in [-0.4, -0.2) is 25.2 Å². The van der Waals surface area contributed by atoms with E-state index in [0.717, 1.165) is 18.4 Å². The third-order valence-electron chi connectivity index (χ3n) is 6.53. The summed E-state index contributed by atoms with van der Waals surface area (Å²) in [5, 5.41) is 3.82. The SMILES string of the molecule is c1ccc2c(c1)CC1NCC[C@@]23CC2NNCC2CC13. The van der Waals surface area contributed by atoms with Crippen molar-refractivity contribution in [1.82, 2.24) is 16.2 Å². The zero-order valence-corrected chi connectivity index (χ0v) is 11.9. The minimum Gasteiger partial charge on any atom is -0.313 e. The molecule has 0 aromatic heterocycles. The summed E-state index contributed by atoms with van der Waals surface area (Å²) in [7, 11) is 0. The molecule has 4 aliphatic rings. The highest BCUT2D eigenvalue weighted by atomic mass is 15.4. The maximum Gasteiger partial charge on any atom is 0.0262 e. The molecule has 4 unspecified atom stereocenters. The Bertz CT molecular complexity index is 543. The number of piperidine rings is 1. The first-order chi connectivity index (χ1) is 9.87. The molecule has 3 nitrogen and oxygen atoms in total. The summed E-state index contributed by atoms with van der Waals surface area (Å²) in [6.45, 7) is 2.35. The monoisotopic (exact) mass is 269 g/mol. The highest BCUT2D eigenvalue weighted by Gasteiger charge is 2.56. The van der Waals surface area contributed by atoms with Crippen molar-refractivity contribution >= 4 is 0 Å². The van der Waals surface area contributed by atoms with Crippen molar-refractivity contribution in [1.29, 1.82) is 0 Å². The van der Waals surface area contributed by atoms with E-state index in [0.29, 0.717) is 17.5 Å². The van der Waals surface area contributed by atoms with Gasteiger partial charge in [0.25, 0.3) is 0 Å². The lowest BCUT2D eigenvalue weighted by Gasteiger charge is -2.58. The molecule has 1 aromatic carbocycles. The second-order valence-electron chi connectivity index (χ2n) is 7.27. The van der Waals surface area contributed by atoms with E-state index in [1.807, 2.05) is 0 Å². The molecule has 0 spiro atoms. The Morgan fingerprint density at radius 2 is 2.10 bits per heavy atom. The Morgan fingerprint density at radius 1 is 1.15 bits per heavy atom. The molecular formula is C17H23N3. The number of rotatable bonds is 0. The Balaban J connectivity index is 1.66. The highest BCUT2D eigenvalue weighted by molar-refractivity contribution is 5.41. The van der Waals surface area contributed by atoms with Gasteiger partial charge in [-0.15, -0.1) is 0 Å². The topological polar surface area (TPSA) is 36.1 Å². The van der Waals surface area contributed by atoms with E-state index in [1.165, 1.54) is 32.2 Å². The van der Waals surface area contributed by atoms with Gasteiger partial charge in [0.15, 0.2) is 0 Å². The van der Waals surface area contributed by atoms with Crippen LogP contribution in [0.1, 0.15) is 30.4 Å². The Kier molecular flexibility index (Phi) is 2.38. The van der Waals surface area contributed by atoms with Gasteiger partial charge in [0.1, 0.15) is 0 Å². The summed E-state index contributed by atoms with van der Waals surface area (Å²) in [5.74, 6) is 1.68. The third-order valence-corrected chi connectivity index (χ3v) is 6.53. The molecule has 20 heavy (non-hydrogen) atoms. The van der Waals surface area contributed by atoms with Crippen LogP contribution < -0.4 is 16.2 Å². The molecular weight excluding hydrogens is 246 g/mol. The van der Waals surface area contributed by atoms with Gasteiger partial charge in [-0.1, -0.05) is 24.3 Å². The number of hydrogen-bond donors (Lipinski definition) is 3. The zero-order valence-electron chi connectivity index (χ0n) is 11.9. The smallest absolute Gasteiger partial charge is 0.0262 e. The number of nitrogens with one attached hydrogen (secondary N) is 3. The standard InChI is InChI=1S/C17H23N3/c1-2-4-13-11(3-1)8-15-14-7-12-10-19-20-16(12)9-17(13,14)5-6-18-15/h1-4,12,14-16,18-20H,5-10H2/t12?,14?,15?,16?,17-/m1/s1. The lowest BCUT2D eigenvalue weighted by atomic mass is 9.50. The Morgan fingerprint density at radius 3 is 3.10 bits per heavy atom. The minimum absolute atomic E-state index is 0.435. The van der Waals surface area contributed by atoms with Crippen molar-refractivity contribution in [3.05, 3.63) is 35.4 Å². The molecule has 106 valence electrons. The number of fused-ring (bicyclic) bond motifs is 2. The van der Waals surface area contributed by atoms with Gasteiger partial charge >= 0.3 is 0 Å². The van der Waals surface area contributed by atoms with Crippen LogP contribution in [0.3, 0.4) is 0 Å². The van der Waals surface area contributed by atoms with Gasteiger partial charge in [-0.25, -0.2) is 0 Å². The van der Waals surface area contributed by atoms with E-state index in [1.54, 1.807) is 11.1 Å². The van der Waals surface area contributed by atoms with E-state index in [2.05, 4.69) is 40.4 Å². The first kappa shape index (κ1) is 11.7. The van der Waals surface area contributed by atoms with E-state index in [4.69, 9.17) is 0 Å². The van der Waals surface area contributed by atoms with Crippen LogP contribution in [0.4, 0.5) is 0 Å². The first-order valence-electron chi connectivity index (χ1n) is 8.17. The highest BCUT2D eigenvalue weighted by Crippen LogP contribution is 2.55. The maximum atomic E-state index is 3.82. The van der Waals surface area contributed by atoms with Crippen LogP contribution in [-0.2, 0) is 11.8 Å². The van der Waals surface area contributed by atoms with Crippen LogP contribution in [0.15, 0.2) is 24.3 Å². The lowest BCUT2D eigenvalue weighted by molar-refractivity contribution is 0.0464. The van der Waals surface area contributed by atoms with Gasteiger partial charge in [-0.2, -0.15) is 0 Å². The zero-order chi connectivity index (χ0) is 13.2. The lowest BCUT2D eigenvalue weighted by Crippen LogP contribution is -2.63. The molecule has 2 aliphatic carbocycles. The fraction of sp³-hybridized carbons (Fsp3) is 0.647. The van der Waals surface area contributed by atoms with E-state index in [-0.39, 0.29) is 0 Å². The van der Waals surface area contributed by atoms with E-state index >= 15 is 0 Å². The van der Waals surface area contributed by atoms with Gasteiger partial charge in [0, 0.05) is 24.0 Å².